The first-order valence-corrected chi connectivity index (χ1v) is 9.71. The SMILES string of the molecule is Cc1ccc(NC(=O)C2CC2)cc1NC(=O)c1nc(C)n(-c2ccc(Cl)cc2)n1. The number of anilines is 2. The number of carbonyl (C=O) groups excluding carboxylic acids is 2. The maximum atomic E-state index is 12.7. The number of hydrogen-bond acceptors (Lipinski definition) is 4. The number of nitrogens with one attached hydrogen (secondary N) is 2. The molecule has 1 saturated carbocycles. The minimum Gasteiger partial charge on any atom is -0.326 e. The van der Waals surface area contributed by atoms with E-state index in [1.165, 1.54) is 0 Å². The standard InChI is InChI=1S/C21H20ClN5O2/c1-12-3-8-16(24-20(28)14-4-5-14)11-18(12)25-21(29)19-23-13(2)27(26-19)17-9-6-15(22)7-10-17/h3,6-11,14H,4-5H2,1-2H3,(H,24,28)(H,25,29). The summed E-state index contributed by atoms with van der Waals surface area (Å²) in [6.07, 6.45) is 1.87. The van der Waals surface area contributed by atoms with Crippen molar-refractivity contribution in [1.29, 1.82) is 0 Å². The Balaban J connectivity index is 1.52. The van der Waals surface area contributed by atoms with Crippen LogP contribution in [0.3, 0.4) is 0 Å². The second-order valence-corrected chi connectivity index (χ2v) is 7.55. The Hall–Kier alpha value is -3.19. The monoisotopic (exact) mass is 409 g/mol. The molecular formula is C21H20ClN5O2. The molecule has 0 unspecified atom stereocenters. The van der Waals surface area contributed by atoms with Crippen LogP contribution in [0.4, 0.5) is 11.4 Å². The van der Waals surface area contributed by atoms with E-state index in [1.54, 1.807) is 29.8 Å². The Kier molecular flexibility index (Phi) is 5.07. The lowest BCUT2D eigenvalue weighted by molar-refractivity contribution is -0.117. The molecule has 2 N–H and O–H groups in total. The van der Waals surface area contributed by atoms with E-state index >= 15 is 0 Å². The molecule has 0 atom stereocenters. The van der Waals surface area contributed by atoms with E-state index in [9.17, 15) is 9.59 Å². The quantitative estimate of drug-likeness (QED) is 0.662. The van der Waals surface area contributed by atoms with E-state index in [0.29, 0.717) is 22.2 Å². The summed E-state index contributed by atoms with van der Waals surface area (Å²) in [6, 6.07) is 12.5. The van der Waals surface area contributed by atoms with E-state index in [4.69, 9.17) is 11.6 Å². The summed E-state index contributed by atoms with van der Waals surface area (Å²) in [7, 11) is 0. The molecule has 2 aromatic carbocycles. The Morgan fingerprint density at radius 3 is 2.48 bits per heavy atom. The van der Waals surface area contributed by atoms with Crippen molar-refractivity contribution in [2.24, 2.45) is 5.92 Å². The summed E-state index contributed by atoms with van der Waals surface area (Å²) in [4.78, 5) is 29.0. The van der Waals surface area contributed by atoms with E-state index in [2.05, 4.69) is 20.7 Å². The van der Waals surface area contributed by atoms with Gasteiger partial charge in [-0.25, -0.2) is 9.67 Å². The maximum absolute atomic E-state index is 12.7. The molecule has 0 bridgehead atoms. The van der Waals surface area contributed by atoms with Gasteiger partial charge in [0.2, 0.25) is 11.7 Å². The van der Waals surface area contributed by atoms with Crippen LogP contribution in [0.2, 0.25) is 5.02 Å². The summed E-state index contributed by atoms with van der Waals surface area (Å²) in [5.74, 6) is 0.349. The zero-order chi connectivity index (χ0) is 20.5. The molecule has 148 valence electrons. The number of carbonyl (C=O) groups is 2. The lowest BCUT2D eigenvalue weighted by atomic mass is 10.1. The molecule has 0 aliphatic heterocycles. The van der Waals surface area contributed by atoms with Crippen molar-refractivity contribution in [1.82, 2.24) is 14.8 Å². The smallest absolute Gasteiger partial charge is 0.295 e. The summed E-state index contributed by atoms with van der Waals surface area (Å²) in [5.41, 5.74) is 2.89. The highest BCUT2D eigenvalue weighted by Gasteiger charge is 2.29. The first kappa shape index (κ1) is 19.1. The third-order valence-corrected chi connectivity index (χ3v) is 5.00. The molecule has 1 aliphatic carbocycles. The highest BCUT2D eigenvalue weighted by molar-refractivity contribution is 6.30. The van der Waals surface area contributed by atoms with Crippen molar-refractivity contribution in [3.63, 3.8) is 0 Å². The molecule has 0 spiro atoms. The molecule has 1 fully saturated rings. The van der Waals surface area contributed by atoms with Gasteiger partial charge in [-0.2, -0.15) is 0 Å². The lowest BCUT2D eigenvalue weighted by Crippen LogP contribution is -2.16. The molecule has 29 heavy (non-hydrogen) atoms. The van der Waals surface area contributed by atoms with Crippen LogP contribution in [-0.4, -0.2) is 26.6 Å². The highest BCUT2D eigenvalue weighted by atomic mass is 35.5. The van der Waals surface area contributed by atoms with Crippen LogP contribution in [0, 0.1) is 19.8 Å². The van der Waals surface area contributed by atoms with Crippen LogP contribution in [0.1, 0.15) is 34.8 Å². The fourth-order valence-electron chi connectivity index (χ4n) is 2.92. The molecule has 4 rings (SSSR count). The summed E-state index contributed by atoms with van der Waals surface area (Å²) >= 11 is 5.93. The van der Waals surface area contributed by atoms with E-state index in [0.717, 1.165) is 24.1 Å². The van der Waals surface area contributed by atoms with Crippen LogP contribution in [0.25, 0.3) is 5.69 Å². The molecule has 0 saturated heterocycles. The molecule has 1 aromatic heterocycles. The Morgan fingerprint density at radius 2 is 1.79 bits per heavy atom. The van der Waals surface area contributed by atoms with Crippen molar-refractivity contribution in [2.45, 2.75) is 26.7 Å². The van der Waals surface area contributed by atoms with Gasteiger partial charge in [-0.15, -0.1) is 5.10 Å². The van der Waals surface area contributed by atoms with Gasteiger partial charge in [-0.3, -0.25) is 9.59 Å². The third kappa shape index (κ3) is 4.30. The van der Waals surface area contributed by atoms with Gasteiger partial charge in [-0.05, 0) is 68.7 Å². The number of aromatic nitrogens is 3. The highest BCUT2D eigenvalue weighted by Crippen LogP contribution is 2.31. The van der Waals surface area contributed by atoms with Gasteiger partial charge < -0.3 is 10.6 Å². The predicted molar refractivity (Wildman–Crippen MR) is 112 cm³/mol. The molecule has 1 aliphatic rings. The van der Waals surface area contributed by atoms with Crippen molar-refractivity contribution < 1.29 is 9.59 Å². The van der Waals surface area contributed by atoms with Gasteiger partial charge in [0.25, 0.3) is 5.91 Å². The fraction of sp³-hybridized carbons (Fsp3) is 0.238. The second kappa shape index (κ2) is 7.67. The fourth-order valence-corrected chi connectivity index (χ4v) is 3.04. The molecule has 7 nitrogen and oxygen atoms in total. The van der Waals surface area contributed by atoms with Gasteiger partial charge in [0.05, 0.1) is 5.69 Å². The van der Waals surface area contributed by atoms with Crippen LogP contribution < -0.4 is 10.6 Å². The summed E-state index contributed by atoms with van der Waals surface area (Å²) in [6.45, 7) is 3.66. The summed E-state index contributed by atoms with van der Waals surface area (Å²) < 4.78 is 1.59. The number of amides is 2. The molecule has 0 radical (unpaired) electrons. The van der Waals surface area contributed by atoms with Crippen LogP contribution in [-0.2, 0) is 4.79 Å². The maximum Gasteiger partial charge on any atom is 0.295 e. The van der Waals surface area contributed by atoms with Crippen LogP contribution >= 0.6 is 11.6 Å². The van der Waals surface area contributed by atoms with E-state index < -0.39 is 5.91 Å². The van der Waals surface area contributed by atoms with Gasteiger partial charge >= 0.3 is 0 Å². The number of hydrogen-bond donors (Lipinski definition) is 2. The molecule has 1 heterocycles. The first-order chi connectivity index (χ1) is 13.9. The van der Waals surface area contributed by atoms with Crippen molar-refractivity contribution >= 4 is 34.8 Å². The van der Waals surface area contributed by atoms with Gasteiger partial charge in [0.15, 0.2) is 0 Å². The average Bonchev–Trinajstić information content (AvgIpc) is 3.47. The van der Waals surface area contributed by atoms with E-state index in [1.807, 2.05) is 31.2 Å². The molecule has 8 heteroatoms. The second-order valence-electron chi connectivity index (χ2n) is 7.12. The average molecular weight is 410 g/mol. The van der Waals surface area contributed by atoms with Crippen LogP contribution in [0.15, 0.2) is 42.5 Å². The van der Waals surface area contributed by atoms with Gasteiger partial charge in [0, 0.05) is 22.3 Å². The van der Waals surface area contributed by atoms with Gasteiger partial charge in [0.1, 0.15) is 5.82 Å². The molecule has 3 aromatic rings. The summed E-state index contributed by atoms with van der Waals surface area (Å²) in [5, 5.41) is 10.7. The topological polar surface area (TPSA) is 88.9 Å². The first-order valence-electron chi connectivity index (χ1n) is 9.33. The predicted octanol–water partition coefficient (Wildman–Crippen LogP) is 4.14. The zero-order valence-corrected chi connectivity index (χ0v) is 16.8. The largest absolute Gasteiger partial charge is 0.326 e. The number of nitrogens with zero attached hydrogens (tertiary/aromatic N) is 3. The van der Waals surface area contributed by atoms with Crippen molar-refractivity contribution in [3.8, 4) is 5.69 Å². The van der Waals surface area contributed by atoms with Crippen LogP contribution in [0.5, 0.6) is 0 Å². The minimum absolute atomic E-state index is 0.0186. The Bertz CT molecular complexity index is 1090. The minimum atomic E-state index is -0.422. The Labute approximate surface area is 173 Å². The lowest BCUT2D eigenvalue weighted by Gasteiger charge is -2.10. The number of halogens is 1. The number of rotatable bonds is 5. The van der Waals surface area contributed by atoms with Crippen molar-refractivity contribution in [2.75, 3.05) is 10.6 Å². The zero-order valence-electron chi connectivity index (χ0n) is 16.1. The molecular weight excluding hydrogens is 390 g/mol. The van der Waals surface area contributed by atoms with Crippen molar-refractivity contribution in [3.05, 3.63) is 64.7 Å². The van der Waals surface area contributed by atoms with Gasteiger partial charge in [-0.1, -0.05) is 17.7 Å². The number of benzene rings is 2. The normalized spacial score (nSPS) is 13.2. The number of aryl methyl sites for hydroxylation is 2. The van der Waals surface area contributed by atoms with E-state index in [-0.39, 0.29) is 17.6 Å². The third-order valence-electron chi connectivity index (χ3n) is 4.74. The Morgan fingerprint density at radius 1 is 1.07 bits per heavy atom. The molecule has 2 amide bonds.